The molecule has 1 aromatic carbocycles. The summed E-state index contributed by atoms with van der Waals surface area (Å²) in [6.07, 6.45) is 2.45. The first-order valence-electron chi connectivity index (χ1n) is 6.57. The second-order valence-electron chi connectivity index (χ2n) is 4.71. The van der Waals surface area contributed by atoms with E-state index in [9.17, 15) is 0 Å². The fraction of sp³-hybridized carbons (Fsp3) is 0.600. The third kappa shape index (κ3) is 4.78. The van der Waals surface area contributed by atoms with Crippen molar-refractivity contribution in [2.75, 3.05) is 13.2 Å². The largest absolute Gasteiger partial charge is 0.492 e. The second kappa shape index (κ2) is 7.33. The Morgan fingerprint density at radius 2 is 1.88 bits per heavy atom. The Balaban J connectivity index is 2.31. The molecule has 2 nitrogen and oxygen atoms in total. The Morgan fingerprint density at radius 3 is 2.47 bits per heavy atom. The van der Waals surface area contributed by atoms with E-state index >= 15 is 0 Å². The van der Waals surface area contributed by atoms with Crippen LogP contribution in [0.2, 0.25) is 0 Å². The van der Waals surface area contributed by atoms with Gasteiger partial charge >= 0.3 is 0 Å². The maximum absolute atomic E-state index is 5.83. The molecule has 17 heavy (non-hydrogen) atoms. The van der Waals surface area contributed by atoms with Crippen LogP contribution in [0.3, 0.4) is 0 Å². The molecule has 0 radical (unpaired) electrons. The van der Waals surface area contributed by atoms with Gasteiger partial charge in [0, 0.05) is 12.6 Å². The number of nitrogens with one attached hydrogen (secondary N) is 1. The first-order chi connectivity index (χ1) is 8.15. The van der Waals surface area contributed by atoms with Crippen molar-refractivity contribution >= 4 is 0 Å². The molecule has 0 amide bonds. The summed E-state index contributed by atoms with van der Waals surface area (Å²) in [5, 5.41) is 3.47. The van der Waals surface area contributed by atoms with Crippen molar-refractivity contribution in [3.8, 4) is 5.75 Å². The lowest BCUT2D eigenvalue weighted by Gasteiger charge is -2.15. The molecular weight excluding hydrogens is 210 g/mol. The smallest absolute Gasteiger partial charge is 0.125 e. The van der Waals surface area contributed by atoms with Crippen LogP contribution in [-0.4, -0.2) is 19.2 Å². The molecular formula is C15H25NO. The Morgan fingerprint density at radius 1 is 1.24 bits per heavy atom. The lowest BCUT2D eigenvalue weighted by molar-refractivity contribution is 0.301. The molecule has 0 saturated heterocycles. The molecule has 0 spiro atoms. The van der Waals surface area contributed by atoms with Crippen LogP contribution in [0.5, 0.6) is 5.75 Å². The van der Waals surface area contributed by atoms with Crippen molar-refractivity contribution in [2.24, 2.45) is 0 Å². The van der Waals surface area contributed by atoms with Crippen LogP contribution in [-0.2, 0) is 0 Å². The van der Waals surface area contributed by atoms with E-state index in [4.69, 9.17) is 4.74 Å². The summed E-state index contributed by atoms with van der Waals surface area (Å²) >= 11 is 0. The maximum Gasteiger partial charge on any atom is 0.125 e. The van der Waals surface area contributed by atoms with Gasteiger partial charge in [-0.25, -0.2) is 0 Å². The number of ether oxygens (including phenoxy) is 1. The number of rotatable bonds is 7. The quantitative estimate of drug-likeness (QED) is 0.731. The molecule has 0 aliphatic heterocycles. The molecule has 1 aromatic rings. The highest BCUT2D eigenvalue weighted by Crippen LogP contribution is 2.21. The third-order valence-corrected chi connectivity index (χ3v) is 2.97. The number of para-hydroxylation sites is 1. The highest BCUT2D eigenvalue weighted by atomic mass is 16.5. The van der Waals surface area contributed by atoms with Gasteiger partial charge in [-0.2, -0.15) is 0 Å². The zero-order valence-corrected chi connectivity index (χ0v) is 11.5. The molecule has 1 N–H and O–H groups in total. The monoisotopic (exact) mass is 235 g/mol. The van der Waals surface area contributed by atoms with Crippen LogP contribution >= 0.6 is 0 Å². The number of benzene rings is 1. The number of aryl methyl sites for hydroxylation is 2. The van der Waals surface area contributed by atoms with Crippen molar-refractivity contribution in [3.63, 3.8) is 0 Å². The van der Waals surface area contributed by atoms with Crippen LogP contribution in [0.15, 0.2) is 18.2 Å². The van der Waals surface area contributed by atoms with Gasteiger partial charge in [0.25, 0.3) is 0 Å². The fourth-order valence-corrected chi connectivity index (χ4v) is 2.02. The van der Waals surface area contributed by atoms with Crippen LogP contribution < -0.4 is 10.1 Å². The normalized spacial score (nSPS) is 12.5. The van der Waals surface area contributed by atoms with Gasteiger partial charge in [0.05, 0.1) is 0 Å². The van der Waals surface area contributed by atoms with E-state index in [-0.39, 0.29) is 0 Å². The van der Waals surface area contributed by atoms with E-state index < -0.39 is 0 Å². The molecule has 1 unspecified atom stereocenters. The number of hydrogen-bond acceptors (Lipinski definition) is 2. The minimum Gasteiger partial charge on any atom is -0.492 e. The van der Waals surface area contributed by atoms with Gasteiger partial charge in [-0.1, -0.05) is 31.5 Å². The van der Waals surface area contributed by atoms with Crippen molar-refractivity contribution in [1.82, 2.24) is 5.32 Å². The summed E-state index contributed by atoms with van der Waals surface area (Å²) in [6, 6.07) is 6.84. The van der Waals surface area contributed by atoms with Crippen LogP contribution in [0.1, 0.15) is 37.8 Å². The van der Waals surface area contributed by atoms with Crippen molar-refractivity contribution in [1.29, 1.82) is 0 Å². The van der Waals surface area contributed by atoms with Gasteiger partial charge in [0.2, 0.25) is 0 Å². The highest BCUT2D eigenvalue weighted by molar-refractivity contribution is 5.39. The summed E-state index contributed by atoms with van der Waals surface area (Å²) in [5.41, 5.74) is 2.43. The summed E-state index contributed by atoms with van der Waals surface area (Å²) in [7, 11) is 0. The summed E-state index contributed by atoms with van der Waals surface area (Å²) < 4.78 is 5.83. The third-order valence-electron chi connectivity index (χ3n) is 2.97. The summed E-state index contributed by atoms with van der Waals surface area (Å²) in [4.78, 5) is 0. The van der Waals surface area contributed by atoms with E-state index in [1.54, 1.807) is 0 Å². The Hall–Kier alpha value is -1.02. The molecule has 0 fully saturated rings. The van der Waals surface area contributed by atoms with Crippen molar-refractivity contribution < 1.29 is 4.74 Å². The predicted molar refractivity (Wildman–Crippen MR) is 73.8 cm³/mol. The van der Waals surface area contributed by atoms with Gasteiger partial charge < -0.3 is 10.1 Å². The van der Waals surface area contributed by atoms with E-state index in [0.29, 0.717) is 6.04 Å². The molecule has 0 aromatic heterocycles. The van der Waals surface area contributed by atoms with Gasteiger partial charge in [-0.3, -0.25) is 0 Å². The van der Waals surface area contributed by atoms with Crippen LogP contribution in [0.4, 0.5) is 0 Å². The van der Waals surface area contributed by atoms with Crippen LogP contribution in [0.25, 0.3) is 0 Å². The van der Waals surface area contributed by atoms with E-state index in [2.05, 4.69) is 51.2 Å². The molecule has 2 heteroatoms. The van der Waals surface area contributed by atoms with Gasteiger partial charge in [-0.15, -0.1) is 0 Å². The highest BCUT2D eigenvalue weighted by Gasteiger charge is 2.03. The molecule has 0 bridgehead atoms. The zero-order valence-electron chi connectivity index (χ0n) is 11.5. The van der Waals surface area contributed by atoms with Crippen molar-refractivity contribution in [2.45, 2.75) is 46.6 Å². The molecule has 0 saturated carbocycles. The summed E-state index contributed by atoms with van der Waals surface area (Å²) in [5.74, 6) is 1.04. The topological polar surface area (TPSA) is 21.3 Å². The maximum atomic E-state index is 5.83. The first-order valence-corrected chi connectivity index (χ1v) is 6.57. The van der Waals surface area contributed by atoms with Gasteiger partial charge in [-0.05, 0) is 38.3 Å². The van der Waals surface area contributed by atoms with Crippen LogP contribution in [0, 0.1) is 13.8 Å². The van der Waals surface area contributed by atoms with Crippen molar-refractivity contribution in [3.05, 3.63) is 29.3 Å². The lowest BCUT2D eigenvalue weighted by Crippen LogP contribution is -2.30. The second-order valence-corrected chi connectivity index (χ2v) is 4.71. The average molecular weight is 235 g/mol. The molecule has 0 heterocycles. The molecule has 1 rings (SSSR count). The minimum absolute atomic E-state index is 0.585. The molecule has 1 atom stereocenters. The Bertz CT molecular complexity index is 315. The fourth-order valence-electron chi connectivity index (χ4n) is 2.02. The molecule has 0 aliphatic carbocycles. The van der Waals surface area contributed by atoms with E-state index in [0.717, 1.165) is 18.9 Å². The van der Waals surface area contributed by atoms with E-state index in [1.807, 2.05) is 0 Å². The SMILES string of the molecule is CCCC(C)NCCOc1c(C)cccc1C. The standard InChI is InChI=1S/C15H25NO/c1-5-7-14(4)16-10-11-17-15-12(2)8-6-9-13(15)3/h6,8-9,14,16H,5,7,10-11H2,1-4H3. The summed E-state index contributed by atoms with van der Waals surface area (Å²) in [6.45, 7) is 10.3. The Labute approximate surface area is 105 Å². The first kappa shape index (κ1) is 14.0. The lowest BCUT2D eigenvalue weighted by atomic mass is 10.1. The molecule has 96 valence electrons. The predicted octanol–water partition coefficient (Wildman–Crippen LogP) is 3.46. The van der Waals surface area contributed by atoms with Gasteiger partial charge in [0.1, 0.15) is 12.4 Å². The van der Waals surface area contributed by atoms with Gasteiger partial charge in [0.15, 0.2) is 0 Å². The zero-order chi connectivity index (χ0) is 12.7. The Kier molecular flexibility index (Phi) is 6.06. The molecule has 0 aliphatic rings. The number of hydrogen-bond donors (Lipinski definition) is 1. The average Bonchev–Trinajstić information content (AvgIpc) is 2.28. The minimum atomic E-state index is 0.585. The van der Waals surface area contributed by atoms with E-state index in [1.165, 1.54) is 24.0 Å².